The maximum Gasteiger partial charge on any atom is 0.173 e. The highest BCUT2D eigenvalue weighted by molar-refractivity contribution is 6.03. The summed E-state index contributed by atoms with van der Waals surface area (Å²) in [7, 11) is 0. The summed E-state index contributed by atoms with van der Waals surface area (Å²) in [6.07, 6.45) is 17.1. The van der Waals surface area contributed by atoms with E-state index in [1.165, 1.54) is 64.2 Å². The Morgan fingerprint density at radius 3 is 2.00 bits per heavy atom. The number of ether oxygens (including phenoxy) is 1. The van der Waals surface area contributed by atoms with Crippen molar-refractivity contribution < 1.29 is 17.9 Å². The van der Waals surface area contributed by atoms with E-state index in [1.807, 2.05) is 6.92 Å². The summed E-state index contributed by atoms with van der Waals surface area (Å²) in [5, 5.41) is 0. The van der Waals surface area contributed by atoms with Crippen molar-refractivity contribution in [3.8, 4) is 28.0 Å². The predicted octanol–water partition coefficient (Wildman–Crippen LogP) is 10.3. The van der Waals surface area contributed by atoms with Crippen molar-refractivity contribution in [2.24, 2.45) is 23.7 Å². The van der Waals surface area contributed by atoms with E-state index in [0.717, 1.165) is 37.0 Å². The van der Waals surface area contributed by atoms with Crippen LogP contribution >= 0.6 is 0 Å². The van der Waals surface area contributed by atoms with Crippen LogP contribution in [0.15, 0.2) is 18.2 Å². The molecular formula is C33H43F3O. The van der Waals surface area contributed by atoms with Gasteiger partial charge in [-0.1, -0.05) is 58.8 Å². The van der Waals surface area contributed by atoms with Crippen LogP contribution in [0.25, 0.3) is 22.3 Å². The highest BCUT2D eigenvalue weighted by Crippen LogP contribution is 2.53. The lowest BCUT2D eigenvalue weighted by molar-refractivity contribution is 0.120. The van der Waals surface area contributed by atoms with Gasteiger partial charge in [-0.15, -0.1) is 0 Å². The molecule has 2 aromatic rings. The molecule has 3 aliphatic carbocycles. The number of unbranched alkanes of at least 4 members (excludes halogenated alkanes) is 2. The van der Waals surface area contributed by atoms with Crippen LogP contribution in [0.4, 0.5) is 13.2 Å². The van der Waals surface area contributed by atoms with Crippen LogP contribution in [0.2, 0.25) is 0 Å². The molecule has 0 aromatic heterocycles. The van der Waals surface area contributed by atoms with Gasteiger partial charge in [0.05, 0.1) is 6.61 Å². The van der Waals surface area contributed by atoms with Gasteiger partial charge in [0.15, 0.2) is 23.2 Å². The fraction of sp³-hybridized carbons (Fsp3) is 0.636. The summed E-state index contributed by atoms with van der Waals surface area (Å²) in [6, 6.07) is 5.12. The molecule has 0 amide bonds. The van der Waals surface area contributed by atoms with Crippen molar-refractivity contribution in [2.45, 2.75) is 104 Å². The normalized spacial score (nSPS) is 24.8. The fourth-order valence-electron chi connectivity index (χ4n) is 7.33. The number of hydrogen-bond donors (Lipinski definition) is 0. The van der Waals surface area contributed by atoms with Crippen molar-refractivity contribution in [2.75, 3.05) is 6.61 Å². The molecule has 2 saturated carbocycles. The molecule has 0 spiro atoms. The van der Waals surface area contributed by atoms with Crippen LogP contribution in [0.5, 0.6) is 5.75 Å². The number of hydrogen-bond acceptors (Lipinski definition) is 1. The molecule has 2 aromatic carbocycles. The zero-order valence-electron chi connectivity index (χ0n) is 22.7. The highest BCUT2D eigenvalue weighted by Gasteiger charge is 2.35. The Labute approximate surface area is 221 Å². The molecular weight excluding hydrogens is 469 g/mol. The van der Waals surface area contributed by atoms with Crippen LogP contribution < -0.4 is 4.74 Å². The Kier molecular flexibility index (Phi) is 8.51. The second-order valence-electron chi connectivity index (χ2n) is 12.0. The first kappa shape index (κ1) is 26.6. The molecule has 0 unspecified atom stereocenters. The van der Waals surface area contributed by atoms with Crippen molar-refractivity contribution in [3.63, 3.8) is 0 Å². The van der Waals surface area contributed by atoms with Gasteiger partial charge in [0.1, 0.15) is 0 Å². The van der Waals surface area contributed by atoms with Gasteiger partial charge in [0.25, 0.3) is 0 Å². The number of halogens is 3. The van der Waals surface area contributed by atoms with Crippen LogP contribution in [0.1, 0.15) is 103 Å². The lowest BCUT2D eigenvalue weighted by atomic mass is 9.69. The first-order valence-electron chi connectivity index (χ1n) is 15.0. The molecule has 0 heterocycles. The zero-order chi connectivity index (χ0) is 25.9. The molecule has 2 fully saturated rings. The maximum absolute atomic E-state index is 15.3. The zero-order valence-corrected chi connectivity index (χ0v) is 22.7. The quantitative estimate of drug-likeness (QED) is 0.246. The minimum atomic E-state index is -0.933. The monoisotopic (exact) mass is 512 g/mol. The van der Waals surface area contributed by atoms with Crippen LogP contribution in [0.3, 0.4) is 0 Å². The van der Waals surface area contributed by atoms with Crippen molar-refractivity contribution >= 4 is 0 Å². The molecule has 0 atom stereocenters. The molecule has 3 aliphatic rings. The molecule has 202 valence electrons. The third-order valence-corrected chi connectivity index (χ3v) is 9.59. The van der Waals surface area contributed by atoms with E-state index >= 15 is 4.39 Å². The average Bonchev–Trinajstić information content (AvgIpc) is 2.91. The molecule has 4 heteroatoms. The van der Waals surface area contributed by atoms with E-state index < -0.39 is 17.5 Å². The maximum atomic E-state index is 15.3. The Balaban J connectivity index is 1.12. The first-order valence-corrected chi connectivity index (χ1v) is 15.0. The van der Waals surface area contributed by atoms with Gasteiger partial charge < -0.3 is 4.74 Å². The summed E-state index contributed by atoms with van der Waals surface area (Å²) in [6.45, 7) is 4.71. The van der Waals surface area contributed by atoms with E-state index in [9.17, 15) is 8.78 Å². The van der Waals surface area contributed by atoms with Gasteiger partial charge in [0.2, 0.25) is 0 Å². The second-order valence-corrected chi connectivity index (χ2v) is 12.0. The highest BCUT2D eigenvalue weighted by atomic mass is 19.2. The summed E-state index contributed by atoms with van der Waals surface area (Å²) >= 11 is 0. The van der Waals surface area contributed by atoms with Crippen molar-refractivity contribution in [1.29, 1.82) is 0 Å². The van der Waals surface area contributed by atoms with E-state index in [-0.39, 0.29) is 16.9 Å². The van der Waals surface area contributed by atoms with E-state index in [2.05, 4.69) is 6.92 Å². The molecule has 0 N–H and O–H groups in total. The summed E-state index contributed by atoms with van der Waals surface area (Å²) in [5.74, 6) is 0.944. The molecule has 0 bridgehead atoms. The second kappa shape index (κ2) is 11.8. The molecule has 0 saturated heterocycles. The number of aryl methyl sites for hydroxylation is 1. The van der Waals surface area contributed by atoms with Gasteiger partial charge in [-0.05, 0) is 104 Å². The van der Waals surface area contributed by atoms with Crippen LogP contribution in [-0.2, 0) is 6.42 Å². The third kappa shape index (κ3) is 5.45. The molecule has 37 heavy (non-hydrogen) atoms. The molecule has 1 nitrogen and oxygen atoms in total. The van der Waals surface area contributed by atoms with Crippen LogP contribution in [0, 0.1) is 41.1 Å². The van der Waals surface area contributed by atoms with E-state index in [1.54, 1.807) is 18.2 Å². The first-order chi connectivity index (χ1) is 18.0. The molecule has 0 aliphatic heterocycles. The number of rotatable bonds is 10. The summed E-state index contributed by atoms with van der Waals surface area (Å²) < 4.78 is 50.6. The van der Waals surface area contributed by atoms with E-state index in [4.69, 9.17) is 4.74 Å². The third-order valence-electron chi connectivity index (χ3n) is 9.59. The van der Waals surface area contributed by atoms with Gasteiger partial charge in [-0.3, -0.25) is 0 Å². The van der Waals surface area contributed by atoms with E-state index in [0.29, 0.717) is 35.6 Å². The van der Waals surface area contributed by atoms with Gasteiger partial charge in [-0.2, -0.15) is 0 Å². The largest absolute Gasteiger partial charge is 0.490 e. The smallest absolute Gasteiger partial charge is 0.173 e. The number of benzene rings is 2. The van der Waals surface area contributed by atoms with Crippen molar-refractivity contribution in [3.05, 3.63) is 41.2 Å². The Hall–Kier alpha value is -1.97. The van der Waals surface area contributed by atoms with Gasteiger partial charge in [0, 0.05) is 11.1 Å². The molecule has 0 radical (unpaired) electrons. The van der Waals surface area contributed by atoms with Crippen LogP contribution in [-0.4, -0.2) is 6.61 Å². The lowest BCUT2D eigenvalue weighted by Crippen LogP contribution is -2.27. The Bertz CT molecular complexity index is 1080. The van der Waals surface area contributed by atoms with Gasteiger partial charge >= 0.3 is 0 Å². The average molecular weight is 513 g/mol. The topological polar surface area (TPSA) is 9.23 Å². The predicted molar refractivity (Wildman–Crippen MR) is 145 cm³/mol. The van der Waals surface area contributed by atoms with Gasteiger partial charge in [-0.25, -0.2) is 13.2 Å². The Morgan fingerprint density at radius 1 is 0.703 bits per heavy atom. The lowest BCUT2D eigenvalue weighted by Gasteiger charge is -2.38. The standard InChI is InChI=1S/C33H43F3O/c1-3-5-6-8-21-9-13-23(14-10-21)24-15-11-22(12-16-24)20-37-28-18-17-26-27-19-25(7-4-2)31(34)33(36)30(27)29(26)32(28)35/h17-19,21-24H,3-16,20H2,1-2H3. The minimum absolute atomic E-state index is 0.0656. The fourth-order valence-corrected chi connectivity index (χ4v) is 7.33. The number of fused-ring (bicyclic) bond motifs is 4. The summed E-state index contributed by atoms with van der Waals surface area (Å²) in [4.78, 5) is 0. The van der Waals surface area contributed by atoms with Crippen molar-refractivity contribution in [1.82, 2.24) is 0 Å². The minimum Gasteiger partial charge on any atom is -0.490 e. The SMILES string of the molecule is CCCCCC1CCC(C2CCC(COc3ccc4c(c3F)-c3c-4cc(CCC)c(F)c3F)CC2)CC1. The Morgan fingerprint density at radius 2 is 1.35 bits per heavy atom. The summed E-state index contributed by atoms with van der Waals surface area (Å²) in [5.41, 5.74) is 1.85. The molecule has 5 rings (SSSR count).